The summed E-state index contributed by atoms with van der Waals surface area (Å²) in [5.41, 5.74) is 0. The van der Waals surface area contributed by atoms with Crippen molar-refractivity contribution in [2.75, 3.05) is 5.75 Å². The van der Waals surface area contributed by atoms with Crippen molar-refractivity contribution >= 4 is 29.1 Å². The summed E-state index contributed by atoms with van der Waals surface area (Å²) in [5.74, 6) is -0.602. The average molecular weight is 202 g/mol. The molecule has 66 valence electrons. The maximum atomic E-state index is 10.2. The quantitative estimate of drug-likeness (QED) is 0.762. The number of carboxylic acid groups (broad SMARTS) is 1. The van der Waals surface area contributed by atoms with Crippen LogP contribution in [0.1, 0.15) is 11.8 Å². The molecule has 4 heteroatoms. The van der Waals surface area contributed by atoms with Crippen LogP contribution in [0.5, 0.6) is 0 Å². The van der Waals surface area contributed by atoms with E-state index in [1.165, 1.54) is 16.6 Å². The van der Waals surface area contributed by atoms with E-state index in [4.69, 9.17) is 5.11 Å². The van der Waals surface area contributed by atoms with Crippen LogP contribution in [0.25, 0.3) is 0 Å². The molecule has 2 nitrogen and oxygen atoms in total. The number of aryl methyl sites for hydroxylation is 1. The van der Waals surface area contributed by atoms with Gasteiger partial charge in [0.15, 0.2) is 0 Å². The number of hydrogen-bond acceptors (Lipinski definition) is 3. The number of aliphatic carboxylic acids is 1. The third-order valence-electron chi connectivity index (χ3n) is 1.32. The molecule has 0 amide bonds. The first kappa shape index (κ1) is 9.61. The molecule has 0 saturated carbocycles. The molecule has 0 bridgehead atoms. The minimum Gasteiger partial charge on any atom is -0.481 e. The van der Waals surface area contributed by atoms with Crippen molar-refractivity contribution in [2.24, 2.45) is 0 Å². The predicted molar refractivity (Wildman–Crippen MR) is 52.1 cm³/mol. The lowest BCUT2D eigenvalue weighted by Crippen LogP contribution is -1.96. The standard InChI is InChI=1S/C8H10O2S2/c1-2-6-3-4-8(12-6)11-5-7(9)10/h3-4H,2,5H2,1H3,(H,9,10). The molecule has 0 atom stereocenters. The molecule has 0 radical (unpaired) electrons. The molecular weight excluding hydrogens is 192 g/mol. The number of thioether (sulfide) groups is 1. The SMILES string of the molecule is CCc1ccc(SCC(=O)O)s1. The fourth-order valence-corrected chi connectivity index (χ4v) is 2.60. The third kappa shape index (κ3) is 2.87. The predicted octanol–water partition coefficient (Wildman–Crippen LogP) is 2.49. The van der Waals surface area contributed by atoms with Gasteiger partial charge in [-0.3, -0.25) is 4.79 Å². The molecule has 1 N–H and O–H groups in total. The van der Waals surface area contributed by atoms with E-state index in [1.54, 1.807) is 11.3 Å². The van der Waals surface area contributed by atoms with Gasteiger partial charge in [-0.1, -0.05) is 6.92 Å². The number of carboxylic acids is 1. The summed E-state index contributed by atoms with van der Waals surface area (Å²) in [6.07, 6.45) is 1.03. The van der Waals surface area contributed by atoms with Crippen molar-refractivity contribution in [3.8, 4) is 0 Å². The fourth-order valence-electron chi connectivity index (χ4n) is 0.759. The number of carbonyl (C=O) groups is 1. The molecule has 0 unspecified atom stereocenters. The van der Waals surface area contributed by atoms with E-state index in [9.17, 15) is 4.79 Å². The van der Waals surface area contributed by atoms with Gasteiger partial charge >= 0.3 is 5.97 Å². The lowest BCUT2D eigenvalue weighted by Gasteiger charge is -1.90. The Morgan fingerprint density at radius 1 is 1.67 bits per heavy atom. The van der Waals surface area contributed by atoms with Gasteiger partial charge in [0.05, 0.1) is 9.96 Å². The highest BCUT2D eigenvalue weighted by molar-refractivity contribution is 8.01. The Labute approximate surface area is 79.6 Å². The Morgan fingerprint density at radius 3 is 2.92 bits per heavy atom. The van der Waals surface area contributed by atoms with Crippen LogP contribution in [-0.2, 0) is 11.2 Å². The molecule has 12 heavy (non-hydrogen) atoms. The van der Waals surface area contributed by atoms with E-state index in [0.717, 1.165) is 10.6 Å². The fraction of sp³-hybridized carbons (Fsp3) is 0.375. The highest BCUT2D eigenvalue weighted by atomic mass is 32.2. The first-order valence-electron chi connectivity index (χ1n) is 3.65. The summed E-state index contributed by atoms with van der Waals surface area (Å²) < 4.78 is 1.09. The minimum atomic E-state index is -0.758. The summed E-state index contributed by atoms with van der Waals surface area (Å²) in [6, 6.07) is 4.03. The minimum absolute atomic E-state index is 0.156. The Bertz CT molecular complexity index is 268. The second kappa shape index (κ2) is 4.52. The summed E-state index contributed by atoms with van der Waals surface area (Å²) in [4.78, 5) is 11.5. The number of rotatable bonds is 4. The molecule has 1 heterocycles. The van der Waals surface area contributed by atoms with Gasteiger partial charge in [0, 0.05) is 4.88 Å². The number of hydrogen-bond donors (Lipinski definition) is 1. The van der Waals surface area contributed by atoms with Gasteiger partial charge < -0.3 is 5.11 Å². The zero-order valence-electron chi connectivity index (χ0n) is 6.74. The van der Waals surface area contributed by atoms with Gasteiger partial charge in [0.2, 0.25) is 0 Å². The van der Waals surface area contributed by atoms with Crippen LogP contribution < -0.4 is 0 Å². The highest BCUT2D eigenvalue weighted by Gasteiger charge is 2.01. The zero-order chi connectivity index (χ0) is 8.97. The molecular formula is C8H10O2S2. The van der Waals surface area contributed by atoms with Crippen molar-refractivity contribution in [1.82, 2.24) is 0 Å². The Morgan fingerprint density at radius 2 is 2.42 bits per heavy atom. The summed E-state index contributed by atoms with van der Waals surface area (Å²) in [6.45, 7) is 2.09. The smallest absolute Gasteiger partial charge is 0.313 e. The molecule has 0 aliphatic carbocycles. The van der Waals surface area contributed by atoms with Crippen molar-refractivity contribution < 1.29 is 9.90 Å². The van der Waals surface area contributed by atoms with E-state index in [2.05, 4.69) is 13.0 Å². The topological polar surface area (TPSA) is 37.3 Å². The molecule has 0 fully saturated rings. The van der Waals surface area contributed by atoms with Crippen molar-refractivity contribution in [2.45, 2.75) is 17.6 Å². The maximum absolute atomic E-state index is 10.2. The third-order valence-corrected chi connectivity index (χ3v) is 3.76. The lowest BCUT2D eigenvalue weighted by molar-refractivity contribution is -0.133. The normalized spacial score (nSPS) is 10.1. The van der Waals surface area contributed by atoms with E-state index < -0.39 is 5.97 Å². The van der Waals surface area contributed by atoms with E-state index in [0.29, 0.717) is 0 Å². The summed E-state index contributed by atoms with van der Waals surface area (Å²) in [5, 5.41) is 8.42. The summed E-state index contributed by atoms with van der Waals surface area (Å²) in [7, 11) is 0. The largest absolute Gasteiger partial charge is 0.481 e. The van der Waals surface area contributed by atoms with E-state index >= 15 is 0 Å². The van der Waals surface area contributed by atoms with E-state index in [1.807, 2.05) is 6.07 Å². The summed E-state index contributed by atoms with van der Waals surface area (Å²) >= 11 is 3.06. The first-order chi connectivity index (χ1) is 5.72. The van der Waals surface area contributed by atoms with Crippen molar-refractivity contribution in [1.29, 1.82) is 0 Å². The van der Waals surface area contributed by atoms with Crippen molar-refractivity contribution in [3.05, 3.63) is 17.0 Å². The maximum Gasteiger partial charge on any atom is 0.313 e. The van der Waals surface area contributed by atoms with Crippen LogP contribution in [0.15, 0.2) is 16.3 Å². The van der Waals surface area contributed by atoms with Gasteiger partial charge in [-0.2, -0.15) is 0 Å². The average Bonchev–Trinajstić information content (AvgIpc) is 2.48. The van der Waals surface area contributed by atoms with Gasteiger partial charge in [-0.25, -0.2) is 0 Å². The van der Waals surface area contributed by atoms with Gasteiger partial charge in [0.1, 0.15) is 0 Å². The van der Waals surface area contributed by atoms with Gasteiger partial charge in [-0.15, -0.1) is 23.1 Å². The molecule has 0 aromatic carbocycles. The second-order valence-corrected chi connectivity index (χ2v) is 4.70. The van der Waals surface area contributed by atoms with Crippen LogP contribution in [0.3, 0.4) is 0 Å². The second-order valence-electron chi connectivity index (χ2n) is 2.26. The lowest BCUT2D eigenvalue weighted by atomic mass is 10.4. The molecule has 0 spiro atoms. The van der Waals surface area contributed by atoms with Gasteiger partial charge in [-0.05, 0) is 18.6 Å². The van der Waals surface area contributed by atoms with Crippen LogP contribution in [0.2, 0.25) is 0 Å². The Hall–Kier alpha value is -0.480. The first-order valence-corrected chi connectivity index (χ1v) is 5.46. The van der Waals surface area contributed by atoms with Crippen LogP contribution >= 0.6 is 23.1 Å². The highest BCUT2D eigenvalue weighted by Crippen LogP contribution is 2.27. The molecule has 1 aromatic heterocycles. The molecule has 0 saturated heterocycles. The monoisotopic (exact) mass is 202 g/mol. The van der Waals surface area contributed by atoms with Crippen molar-refractivity contribution in [3.63, 3.8) is 0 Å². The van der Waals surface area contributed by atoms with E-state index in [-0.39, 0.29) is 5.75 Å². The van der Waals surface area contributed by atoms with Crippen LogP contribution in [-0.4, -0.2) is 16.8 Å². The van der Waals surface area contributed by atoms with Crippen LogP contribution in [0.4, 0.5) is 0 Å². The molecule has 1 aromatic rings. The molecule has 0 aliphatic heterocycles. The molecule has 1 rings (SSSR count). The zero-order valence-corrected chi connectivity index (χ0v) is 8.37. The molecule has 0 aliphatic rings. The Kier molecular flexibility index (Phi) is 3.62. The van der Waals surface area contributed by atoms with Crippen LogP contribution in [0, 0.1) is 0 Å². The number of thiophene rings is 1. The Balaban J connectivity index is 2.47. The van der Waals surface area contributed by atoms with Gasteiger partial charge in [0.25, 0.3) is 0 Å².